The number of aromatic hydroxyl groups is 1. The summed E-state index contributed by atoms with van der Waals surface area (Å²) in [5.74, 6) is 1.31. The van der Waals surface area contributed by atoms with Crippen molar-refractivity contribution < 1.29 is 14.6 Å². The lowest BCUT2D eigenvalue weighted by Gasteiger charge is -2.12. The predicted molar refractivity (Wildman–Crippen MR) is 102 cm³/mol. The van der Waals surface area contributed by atoms with Gasteiger partial charge in [0, 0.05) is 11.1 Å². The Hall–Kier alpha value is -3.27. The van der Waals surface area contributed by atoms with Gasteiger partial charge in [-0.2, -0.15) is 0 Å². The van der Waals surface area contributed by atoms with Gasteiger partial charge in [0.25, 0.3) is 0 Å². The van der Waals surface area contributed by atoms with Crippen molar-refractivity contribution in [2.45, 2.75) is 6.04 Å². The van der Waals surface area contributed by atoms with E-state index in [1.54, 1.807) is 7.11 Å². The Labute approximate surface area is 152 Å². The molecule has 3 aromatic rings. The van der Waals surface area contributed by atoms with Crippen molar-refractivity contribution in [1.29, 1.82) is 0 Å². The van der Waals surface area contributed by atoms with Crippen LogP contribution in [0.5, 0.6) is 11.5 Å². The third-order valence-corrected chi connectivity index (χ3v) is 4.50. The molecule has 4 rings (SSSR count). The number of phenolic OH excluding ortho intramolecular Hbond substituents is 1. The lowest BCUT2D eigenvalue weighted by molar-refractivity contribution is 0.318. The smallest absolute Gasteiger partial charge is 0.220 e. The van der Waals surface area contributed by atoms with Crippen molar-refractivity contribution in [3.05, 3.63) is 83.9 Å². The number of methoxy groups -OCH3 is 1. The number of phenols is 1. The van der Waals surface area contributed by atoms with Crippen LogP contribution in [-0.2, 0) is 4.74 Å². The highest BCUT2D eigenvalue weighted by atomic mass is 16.5. The summed E-state index contributed by atoms with van der Waals surface area (Å²) in [6.07, 6.45) is 0. The summed E-state index contributed by atoms with van der Waals surface area (Å²) in [5.41, 5.74) is 3.21. The Morgan fingerprint density at radius 3 is 2.38 bits per heavy atom. The average Bonchev–Trinajstić information content (AvgIpc) is 3.19. The van der Waals surface area contributed by atoms with Gasteiger partial charge < -0.3 is 14.6 Å². The van der Waals surface area contributed by atoms with E-state index in [1.807, 2.05) is 72.8 Å². The number of aliphatic imine (C=N–C) groups is 1. The molecule has 1 aliphatic heterocycles. The van der Waals surface area contributed by atoms with E-state index >= 15 is 0 Å². The predicted octanol–water partition coefficient (Wildman–Crippen LogP) is 4.59. The van der Waals surface area contributed by atoms with E-state index in [0.29, 0.717) is 29.4 Å². The summed E-state index contributed by atoms with van der Waals surface area (Å²) in [7, 11) is 1.62. The summed E-state index contributed by atoms with van der Waals surface area (Å²) >= 11 is 0. The molecular weight excluding hydrogens is 326 g/mol. The van der Waals surface area contributed by atoms with Gasteiger partial charge in [-0.25, -0.2) is 4.99 Å². The largest absolute Gasteiger partial charge is 0.506 e. The zero-order valence-electron chi connectivity index (χ0n) is 14.4. The Morgan fingerprint density at radius 1 is 0.885 bits per heavy atom. The van der Waals surface area contributed by atoms with Crippen LogP contribution in [0, 0.1) is 0 Å². The Balaban J connectivity index is 1.73. The number of hydrogen-bond donors (Lipinski definition) is 1. The third-order valence-electron chi connectivity index (χ3n) is 4.50. The van der Waals surface area contributed by atoms with Gasteiger partial charge in [0.15, 0.2) is 0 Å². The fourth-order valence-electron chi connectivity index (χ4n) is 3.17. The van der Waals surface area contributed by atoms with Gasteiger partial charge in [-0.15, -0.1) is 0 Å². The number of hydrogen-bond acceptors (Lipinski definition) is 4. The molecule has 0 aromatic heterocycles. The molecule has 0 bridgehead atoms. The van der Waals surface area contributed by atoms with E-state index in [1.165, 1.54) is 0 Å². The van der Waals surface area contributed by atoms with E-state index in [4.69, 9.17) is 9.47 Å². The number of ether oxygens (including phenoxy) is 2. The molecule has 4 heteroatoms. The van der Waals surface area contributed by atoms with Crippen molar-refractivity contribution in [3.8, 4) is 22.6 Å². The molecule has 0 unspecified atom stereocenters. The molecule has 1 atom stereocenters. The summed E-state index contributed by atoms with van der Waals surface area (Å²) in [6.45, 7) is 0.470. The van der Waals surface area contributed by atoms with Gasteiger partial charge in [0.1, 0.15) is 24.1 Å². The van der Waals surface area contributed by atoms with E-state index in [0.717, 1.165) is 11.1 Å². The second-order valence-corrected chi connectivity index (χ2v) is 6.07. The molecule has 3 aromatic carbocycles. The van der Waals surface area contributed by atoms with Gasteiger partial charge in [0.2, 0.25) is 5.90 Å². The summed E-state index contributed by atoms with van der Waals surface area (Å²) < 4.78 is 11.2. The highest BCUT2D eigenvalue weighted by Crippen LogP contribution is 2.39. The molecule has 0 fully saturated rings. The van der Waals surface area contributed by atoms with Crippen molar-refractivity contribution in [2.24, 2.45) is 4.99 Å². The van der Waals surface area contributed by atoms with E-state index < -0.39 is 0 Å². The second-order valence-electron chi connectivity index (χ2n) is 6.07. The molecule has 26 heavy (non-hydrogen) atoms. The Morgan fingerprint density at radius 2 is 1.58 bits per heavy atom. The fourth-order valence-corrected chi connectivity index (χ4v) is 3.17. The number of nitrogens with zero attached hydrogens (tertiary/aromatic N) is 1. The molecule has 1 N–H and O–H groups in total. The van der Waals surface area contributed by atoms with Crippen LogP contribution in [0.2, 0.25) is 0 Å². The number of benzene rings is 3. The van der Waals surface area contributed by atoms with Gasteiger partial charge in [0.05, 0.1) is 12.7 Å². The first-order chi connectivity index (χ1) is 12.8. The maximum atomic E-state index is 10.9. The summed E-state index contributed by atoms with van der Waals surface area (Å²) in [5, 5.41) is 10.9. The zero-order chi connectivity index (χ0) is 17.9. The van der Waals surface area contributed by atoms with Crippen LogP contribution in [0.4, 0.5) is 0 Å². The van der Waals surface area contributed by atoms with Crippen LogP contribution in [0.25, 0.3) is 11.1 Å². The Kier molecular flexibility index (Phi) is 4.32. The first kappa shape index (κ1) is 16.2. The standard InChI is InChI=1S/C22H19NO3/c1-25-20-13-6-5-10-16(20)17-11-7-12-18(21(17)24)22-23-19(14-26-22)15-8-3-2-4-9-15/h2-13,19,24H,14H2,1H3/t19-/m1/s1. The lowest BCUT2D eigenvalue weighted by atomic mass is 10.0. The molecule has 0 aliphatic carbocycles. The SMILES string of the molecule is COc1ccccc1-c1cccc(C2=N[C@@H](c3ccccc3)CO2)c1O. The molecule has 0 amide bonds. The van der Waals surface area contributed by atoms with Crippen LogP contribution in [-0.4, -0.2) is 24.7 Å². The number of rotatable bonds is 4. The normalized spacial score (nSPS) is 16.0. The van der Waals surface area contributed by atoms with Crippen molar-refractivity contribution in [1.82, 2.24) is 0 Å². The minimum atomic E-state index is -0.0551. The maximum Gasteiger partial charge on any atom is 0.220 e. The highest BCUT2D eigenvalue weighted by molar-refractivity contribution is 6.00. The molecule has 130 valence electrons. The molecule has 4 nitrogen and oxygen atoms in total. The van der Waals surface area contributed by atoms with Crippen LogP contribution < -0.4 is 4.74 Å². The first-order valence-corrected chi connectivity index (χ1v) is 8.49. The van der Waals surface area contributed by atoms with E-state index in [9.17, 15) is 5.11 Å². The van der Waals surface area contributed by atoms with Crippen LogP contribution in [0.1, 0.15) is 17.2 Å². The van der Waals surface area contributed by atoms with Gasteiger partial charge in [-0.05, 0) is 17.7 Å². The van der Waals surface area contributed by atoms with Gasteiger partial charge in [-0.3, -0.25) is 0 Å². The molecule has 0 saturated carbocycles. The summed E-state index contributed by atoms with van der Waals surface area (Å²) in [4.78, 5) is 4.67. The fraction of sp³-hybridized carbons (Fsp3) is 0.136. The molecular formula is C22H19NO3. The van der Waals surface area contributed by atoms with Gasteiger partial charge in [-0.1, -0.05) is 60.7 Å². The topological polar surface area (TPSA) is 51.0 Å². The lowest BCUT2D eigenvalue weighted by Crippen LogP contribution is -2.02. The third kappa shape index (κ3) is 2.90. The zero-order valence-corrected chi connectivity index (χ0v) is 14.4. The minimum Gasteiger partial charge on any atom is -0.506 e. The molecule has 0 saturated heterocycles. The van der Waals surface area contributed by atoms with Gasteiger partial charge >= 0.3 is 0 Å². The molecule has 1 heterocycles. The van der Waals surface area contributed by atoms with Crippen LogP contribution >= 0.6 is 0 Å². The van der Waals surface area contributed by atoms with Crippen molar-refractivity contribution in [3.63, 3.8) is 0 Å². The first-order valence-electron chi connectivity index (χ1n) is 8.49. The molecule has 0 spiro atoms. The summed E-state index contributed by atoms with van der Waals surface area (Å²) in [6, 6.07) is 23.1. The van der Waals surface area contributed by atoms with Crippen molar-refractivity contribution >= 4 is 5.90 Å². The molecule has 0 radical (unpaired) electrons. The van der Waals surface area contributed by atoms with Crippen molar-refractivity contribution in [2.75, 3.05) is 13.7 Å². The second kappa shape index (κ2) is 6.92. The maximum absolute atomic E-state index is 10.9. The highest BCUT2D eigenvalue weighted by Gasteiger charge is 2.24. The number of para-hydroxylation sites is 2. The van der Waals surface area contributed by atoms with Crippen LogP contribution in [0.15, 0.2) is 77.8 Å². The molecule has 1 aliphatic rings. The van der Waals surface area contributed by atoms with E-state index in [2.05, 4.69) is 4.99 Å². The average molecular weight is 345 g/mol. The van der Waals surface area contributed by atoms with E-state index in [-0.39, 0.29) is 11.8 Å². The monoisotopic (exact) mass is 345 g/mol. The Bertz CT molecular complexity index is 951. The quantitative estimate of drug-likeness (QED) is 0.753. The van der Waals surface area contributed by atoms with Crippen LogP contribution in [0.3, 0.4) is 0 Å². The minimum absolute atomic E-state index is 0.0551.